The number of hydrogen-bond acceptors (Lipinski definition) is 4. The summed E-state index contributed by atoms with van der Waals surface area (Å²) in [6.45, 7) is 4.34. The first-order valence-corrected chi connectivity index (χ1v) is 11.0. The standard InChI is InChI=1S/C25H24N2O3S/c1-17(2)22-23(28)26-25(29)27(16-30-15-18-8-4-3-5-9-18)24(22)31-21-13-12-19-10-6-7-11-20(19)14-21/h3-14,17H,15-16H2,1-2H3,(H,26,28,29). The maximum atomic E-state index is 12.7. The van der Waals surface area contributed by atoms with Gasteiger partial charge in [-0.3, -0.25) is 14.3 Å². The smallest absolute Gasteiger partial charge is 0.331 e. The van der Waals surface area contributed by atoms with Crippen LogP contribution in [0, 0.1) is 0 Å². The van der Waals surface area contributed by atoms with Crippen molar-refractivity contribution >= 4 is 22.5 Å². The van der Waals surface area contributed by atoms with Gasteiger partial charge in [0.2, 0.25) is 0 Å². The molecule has 0 atom stereocenters. The molecule has 4 rings (SSSR count). The van der Waals surface area contributed by atoms with Crippen molar-refractivity contribution in [3.63, 3.8) is 0 Å². The second-order valence-corrected chi connectivity index (χ2v) is 8.70. The Balaban J connectivity index is 1.70. The van der Waals surface area contributed by atoms with E-state index in [1.54, 1.807) is 0 Å². The molecule has 0 fully saturated rings. The molecular formula is C25H24N2O3S. The first kappa shape index (κ1) is 21.2. The maximum absolute atomic E-state index is 12.7. The zero-order valence-corrected chi connectivity index (χ0v) is 18.3. The van der Waals surface area contributed by atoms with E-state index in [9.17, 15) is 9.59 Å². The number of rotatable bonds is 7. The fraction of sp³-hybridized carbons (Fsp3) is 0.200. The molecule has 1 N–H and O–H groups in total. The van der Waals surface area contributed by atoms with E-state index in [1.807, 2.05) is 68.4 Å². The Hall–Kier alpha value is -3.09. The summed E-state index contributed by atoms with van der Waals surface area (Å²) in [5.74, 6) is -0.0484. The van der Waals surface area contributed by atoms with Gasteiger partial charge in [-0.2, -0.15) is 0 Å². The highest BCUT2D eigenvalue weighted by atomic mass is 32.2. The fourth-order valence-corrected chi connectivity index (χ4v) is 4.70. The van der Waals surface area contributed by atoms with Crippen LogP contribution in [0.2, 0.25) is 0 Å². The number of aromatic nitrogens is 2. The summed E-state index contributed by atoms with van der Waals surface area (Å²) in [5, 5.41) is 2.87. The molecule has 0 spiro atoms. The van der Waals surface area contributed by atoms with Crippen molar-refractivity contribution in [2.75, 3.05) is 0 Å². The van der Waals surface area contributed by atoms with Gasteiger partial charge >= 0.3 is 5.69 Å². The van der Waals surface area contributed by atoms with E-state index in [-0.39, 0.29) is 18.2 Å². The topological polar surface area (TPSA) is 64.1 Å². The largest absolute Gasteiger partial charge is 0.356 e. The molecule has 4 aromatic rings. The van der Waals surface area contributed by atoms with Gasteiger partial charge in [0.25, 0.3) is 5.56 Å². The number of nitrogens with zero attached hydrogens (tertiary/aromatic N) is 1. The highest BCUT2D eigenvalue weighted by Gasteiger charge is 2.19. The van der Waals surface area contributed by atoms with Crippen LogP contribution in [0.3, 0.4) is 0 Å². The van der Waals surface area contributed by atoms with E-state index in [4.69, 9.17) is 4.74 Å². The third-order valence-electron chi connectivity index (χ3n) is 5.03. The number of nitrogens with one attached hydrogen (secondary N) is 1. The van der Waals surface area contributed by atoms with Crippen LogP contribution < -0.4 is 11.2 Å². The molecule has 5 nitrogen and oxygen atoms in total. The van der Waals surface area contributed by atoms with Crippen LogP contribution in [-0.2, 0) is 18.1 Å². The quantitative estimate of drug-likeness (QED) is 0.411. The van der Waals surface area contributed by atoms with Gasteiger partial charge in [-0.05, 0) is 34.4 Å². The van der Waals surface area contributed by atoms with Crippen LogP contribution in [0.4, 0.5) is 0 Å². The molecule has 0 saturated heterocycles. The van der Waals surface area contributed by atoms with Gasteiger partial charge in [-0.25, -0.2) is 4.79 Å². The van der Waals surface area contributed by atoms with E-state index >= 15 is 0 Å². The van der Waals surface area contributed by atoms with E-state index in [2.05, 4.69) is 23.2 Å². The Labute approximate surface area is 184 Å². The van der Waals surface area contributed by atoms with Crippen molar-refractivity contribution in [2.45, 2.75) is 43.0 Å². The maximum Gasteiger partial charge on any atom is 0.331 e. The summed E-state index contributed by atoms with van der Waals surface area (Å²) < 4.78 is 7.35. The number of hydrogen-bond donors (Lipinski definition) is 1. The summed E-state index contributed by atoms with van der Waals surface area (Å²) in [7, 11) is 0. The molecule has 0 unspecified atom stereocenters. The van der Waals surface area contributed by atoms with Crippen LogP contribution in [0.25, 0.3) is 10.8 Å². The Morgan fingerprint density at radius 1 is 0.935 bits per heavy atom. The second kappa shape index (κ2) is 9.37. The molecular weight excluding hydrogens is 408 g/mol. The van der Waals surface area contributed by atoms with E-state index in [0.29, 0.717) is 17.2 Å². The first-order chi connectivity index (χ1) is 15.0. The molecule has 0 amide bonds. The molecule has 1 heterocycles. The van der Waals surface area contributed by atoms with Gasteiger partial charge in [-0.1, -0.05) is 86.3 Å². The Morgan fingerprint density at radius 2 is 1.65 bits per heavy atom. The lowest BCUT2D eigenvalue weighted by Gasteiger charge is -2.18. The van der Waals surface area contributed by atoms with Gasteiger partial charge in [0, 0.05) is 4.90 Å². The summed E-state index contributed by atoms with van der Waals surface area (Å²) in [5.41, 5.74) is 0.794. The minimum absolute atomic E-state index is 0.0484. The van der Waals surface area contributed by atoms with E-state index in [0.717, 1.165) is 21.2 Å². The van der Waals surface area contributed by atoms with Gasteiger partial charge in [0.15, 0.2) is 0 Å². The van der Waals surface area contributed by atoms with Crippen molar-refractivity contribution < 1.29 is 4.74 Å². The summed E-state index contributed by atoms with van der Waals surface area (Å²) in [4.78, 5) is 28.7. The number of fused-ring (bicyclic) bond motifs is 1. The molecule has 3 aromatic carbocycles. The monoisotopic (exact) mass is 432 g/mol. The molecule has 0 saturated carbocycles. The lowest BCUT2D eigenvalue weighted by atomic mass is 10.1. The van der Waals surface area contributed by atoms with Crippen LogP contribution in [0.15, 0.2) is 92.3 Å². The van der Waals surface area contributed by atoms with Crippen molar-refractivity contribution in [3.8, 4) is 0 Å². The first-order valence-electron chi connectivity index (χ1n) is 10.2. The SMILES string of the molecule is CC(C)c1c(Sc2ccc3ccccc3c2)n(COCc2ccccc2)c(=O)[nH]c1=O. The zero-order chi connectivity index (χ0) is 21.8. The third kappa shape index (κ3) is 4.81. The third-order valence-corrected chi connectivity index (χ3v) is 6.15. The molecule has 0 bridgehead atoms. The molecule has 158 valence electrons. The molecule has 0 aliphatic carbocycles. The molecule has 6 heteroatoms. The molecule has 0 aliphatic heterocycles. The number of aromatic amines is 1. The average molecular weight is 433 g/mol. The number of ether oxygens (including phenoxy) is 1. The summed E-state index contributed by atoms with van der Waals surface area (Å²) in [6.07, 6.45) is 0. The molecule has 1 aromatic heterocycles. The van der Waals surface area contributed by atoms with Gasteiger partial charge in [0.05, 0.1) is 17.2 Å². The van der Waals surface area contributed by atoms with Gasteiger partial charge in [-0.15, -0.1) is 0 Å². The normalized spacial score (nSPS) is 11.3. The van der Waals surface area contributed by atoms with Crippen LogP contribution in [0.1, 0.15) is 30.9 Å². The lowest BCUT2D eigenvalue weighted by molar-refractivity contribution is 0.0549. The van der Waals surface area contributed by atoms with Crippen molar-refractivity contribution in [1.29, 1.82) is 0 Å². The molecule has 31 heavy (non-hydrogen) atoms. The number of H-pyrrole nitrogens is 1. The Kier molecular flexibility index (Phi) is 6.39. The van der Waals surface area contributed by atoms with Crippen LogP contribution in [-0.4, -0.2) is 9.55 Å². The zero-order valence-electron chi connectivity index (χ0n) is 17.5. The molecule has 0 radical (unpaired) electrons. The van der Waals surface area contributed by atoms with E-state index < -0.39 is 5.69 Å². The minimum Gasteiger partial charge on any atom is -0.356 e. The van der Waals surface area contributed by atoms with Crippen LogP contribution >= 0.6 is 11.8 Å². The molecule has 0 aliphatic rings. The van der Waals surface area contributed by atoms with Gasteiger partial charge < -0.3 is 4.74 Å². The second-order valence-electron chi connectivity index (χ2n) is 7.64. The minimum atomic E-state index is -0.467. The number of benzene rings is 3. The summed E-state index contributed by atoms with van der Waals surface area (Å²) in [6, 6.07) is 24.0. The lowest BCUT2D eigenvalue weighted by Crippen LogP contribution is -2.35. The van der Waals surface area contributed by atoms with Crippen molar-refractivity contribution in [3.05, 3.63) is 105 Å². The van der Waals surface area contributed by atoms with E-state index in [1.165, 1.54) is 16.3 Å². The van der Waals surface area contributed by atoms with Crippen molar-refractivity contribution in [2.24, 2.45) is 0 Å². The highest BCUT2D eigenvalue weighted by molar-refractivity contribution is 7.99. The average Bonchev–Trinajstić information content (AvgIpc) is 2.76. The van der Waals surface area contributed by atoms with Crippen LogP contribution in [0.5, 0.6) is 0 Å². The van der Waals surface area contributed by atoms with Gasteiger partial charge in [0.1, 0.15) is 6.73 Å². The predicted molar refractivity (Wildman–Crippen MR) is 125 cm³/mol. The highest BCUT2D eigenvalue weighted by Crippen LogP contribution is 2.33. The Morgan fingerprint density at radius 3 is 2.39 bits per heavy atom. The summed E-state index contributed by atoms with van der Waals surface area (Å²) >= 11 is 1.42. The Bertz CT molecular complexity index is 1310. The fourth-order valence-electron chi connectivity index (χ4n) is 3.47. The van der Waals surface area contributed by atoms with Crippen molar-refractivity contribution in [1.82, 2.24) is 9.55 Å². The predicted octanol–water partition coefficient (Wildman–Crippen LogP) is 5.14.